The molecule has 3 heterocycles. The molecule has 1 aliphatic heterocycles. The van der Waals surface area contributed by atoms with Crippen LogP contribution < -0.4 is 5.56 Å². The van der Waals surface area contributed by atoms with E-state index in [9.17, 15) is 4.79 Å². The molecule has 6 nitrogen and oxygen atoms in total. The predicted octanol–water partition coefficient (Wildman–Crippen LogP) is 3.85. The first-order valence-corrected chi connectivity index (χ1v) is 10.9. The van der Waals surface area contributed by atoms with Gasteiger partial charge in [0.1, 0.15) is 5.82 Å². The number of rotatable bonds is 5. The van der Waals surface area contributed by atoms with E-state index in [0.29, 0.717) is 6.04 Å². The van der Waals surface area contributed by atoms with Gasteiger partial charge in [-0.2, -0.15) is 5.10 Å². The van der Waals surface area contributed by atoms with Gasteiger partial charge in [0, 0.05) is 18.8 Å². The van der Waals surface area contributed by atoms with Crippen molar-refractivity contribution in [2.75, 3.05) is 13.1 Å². The standard InChI is InChI=1S/C23H29N5O/c1-17-15-24-27(16-17)14-13-26-12-6-11-21(26)22-25-20-10-5-4-9-19(20)23(29)28(22)18-7-2-3-8-18/h4-5,9-10,15-16,18,21H,2-3,6-8,11-14H2,1H3. The molecule has 1 atom stereocenters. The van der Waals surface area contributed by atoms with E-state index in [1.54, 1.807) is 0 Å². The second-order valence-corrected chi connectivity index (χ2v) is 8.58. The van der Waals surface area contributed by atoms with Crippen molar-refractivity contribution in [3.63, 3.8) is 0 Å². The Morgan fingerprint density at radius 3 is 2.69 bits per heavy atom. The number of fused-ring (bicyclic) bond motifs is 1. The summed E-state index contributed by atoms with van der Waals surface area (Å²) in [5.41, 5.74) is 2.16. The Labute approximate surface area is 171 Å². The number of para-hydroxylation sites is 1. The Kier molecular flexibility index (Phi) is 4.96. The molecule has 1 saturated heterocycles. The lowest BCUT2D eigenvalue weighted by atomic mass is 10.1. The van der Waals surface area contributed by atoms with Gasteiger partial charge < -0.3 is 0 Å². The number of aromatic nitrogens is 4. The van der Waals surface area contributed by atoms with E-state index in [2.05, 4.69) is 27.7 Å². The fourth-order valence-electron chi connectivity index (χ4n) is 5.12. The van der Waals surface area contributed by atoms with Crippen LogP contribution in [0.4, 0.5) is 0 Å². The van der Waals surface area contributed by atoms with Gasteiger partial charge in [-0.05, 0) is 56.8 Å². The van der Waals surface area contributed by atoms with Crippen LogP contribution in [-0.4, -0.2) is 37.3 Å². The van der Waals surface area contributed by atoms with Crippen molar-refractivity contribution >= 4 is 10.9 Å². The molecule has 29 heavy (non-hydrogen) atoms. The van der Waals surface area contributed by atoms with Gasteiger partial charge in [-0.25, -0.2) is 4.98 Å². The molecule has 0 spiro atoms. The third kappa shape index (κ3) is 3.50. The molecule has 2 aromatic heterocycles. The highest BCUT2D eigenvalue weighted by Crippen LogP contribution is 2.36. The zero-order valence-electron chi connectivity index (χ0n) is 17.1. The number of aryl methyl sites for hydroxylation is 1. The van der Waals surface area contributed by atoms with Gasteiger partial charge in [-0.3, -0.25) is 18.9 Å². The molecule has 3 aromatic rings. The lowest BCUT2D eigenvalue weighted by Crippen LogP contribution is -2.35. The third-order valence-corrected chi connectivity index (χ3v) is 6.57. The van der Waals surface area contributed by atoms with Crippen molar-refractivity contribution < 1.29 is 0 Å². The largest absolute Gasteiger partial charge is 0.292 e. The van der Waals surface area contributed by atoms with Gasteiger partial charge in [-0.1, -0.05) is 25.0 Å². The van der Waals surface area contributed by atoms with Crippen molar-refractivity contribution in [1.29, 1.82) is 0 Å². The van der Waals surface area contributed by atoms with Crippen LogP contribution in [0.2, 0.25) is 0 Å². The summed E-state index contributed by atoms with van der Waals surface area (Å²) in [5.74, 6) is 0.981. The van der Waals surface area contributed by atoms with Crippen LogP contribution in [0, 0.1) is 6.92 Å². The molecular weight excluding hydrogens is 362 g/mol. The second kappa shape index (κ2) is 7.75. The van der Waals surface area contributed by atoms with Crippen LogP contribution in [-0.2, 0) is 6.54 Å². The van der Waals surface area contributed by atoms with Gasteiger partial charge in [0.05, 0.1) is 29.7 Å². The summed E-state index contributed by atoms with van der Waals surface area (Å²) >= 11 is 0. The zero-order chi connectivity index (χ0) is 19.8. The van der Waals surface area contributed by atoms with E-state index in [1.807, 2.05) is 35.1 Å². The van der Waals surface area contributed by atoms with Gasteiger partial charge in [0.25, 0.3) is 5.56 Å². The second-order valence-electron chi connectivity index (χ2n) is 8.58. The van der Waals surface area contributed by atoms with E-state index < -0.39 is 0 Å². The molecule has 1 aliphatic carbocycles. The van der Waals surface area contributed by atoms with Gasteiger partial charge >= 0.3 is 0 Å². The fraction of sp³-hybridized carbons (Fsp3) is 0.522. The highest BCUT2D eigenvalue weighted by Gasteiger charge is 2.32. The normalized spacial score (nSPS) is 20.8. The highest BCUT2D eigenvalue weighted by molar-refractivity contribution is 5.77. The van der Waals surface area contributed by atoms with Gasteiger partial charge in [0.15, 0.2) is 0 Å². The Morgan fingerprint density at radius 1 is 1.07 bits per heavy atom. The van der Waals surface area contributed by atoms with Crippen molar-refractivity contribution in [3.05, 3.63) is 58.4 Å². The highest BCUT2D eigenvalue weighted by atomic mass is 16.1. The Hall–Kier alpha value is -2.47. The van der Waals surface area contributed by atoms with E-state index in [4.69, 9.17) is 4.98 Å². The molecule has 6 heteroatoms. The molecule has 0 N–H and O–H groups in total. The summed E-state index contributed by atoms with van der Waals surface area (Å²) in [6.07, 6.45) is 10.8. The van der Waals surface area contributed by atoms with Gasteiger partial charge in [0.2, 0.25) is 0 Å². The number of hydrogen-bond donors (Lipinski definition) is 0. The topological polar surface area (TPSA) is 56.0 Å². The van der Waals surface area contributed by atoms with Crippen LogP contribution >= 0.6 is 0 Å². The average molecular weight is 392 g/mol. The molecule has 1 unspecified atom stereocenters. The minimum Gasteiger partial charge on any atom is -0.292 e. The first-order valence-electron chi connectivity index (χ1n) is 10.9. The summed E-state index contributed by atoms with van der Waals surface area (Å²) in [6.45, 7) is 4.92. The molecule has 1 saturated carbocycles. The summed E-state index contributed by atoms with van der Waals surface area (Å²) < 4.78 is 4.08. The smallest absolute Gasteiger partial charge is 0.261 e. The van der Waals surface area contributed by atoms with E-state index in [-0.39, 0.29) is 11.6 Å². The predicted molar refractivity (Wildman–Crippen MR) is 114 cm³/mol. The van der Waals surface area contributed by atoms with Crippen molar-refractivity contribution in [2.45, 2.75) is 64.1 Å². The lowest BCUT2D eigenvalue weighted by Gasteiger charge is -2.28. The van der Waals surface area contributed by atoms with Gasteiger partial charge in [-0.15, -0.1) is 0 Å². The Balaban J connectivity index is 1.52. The van der Waals surface area contributed by atoms with Crippen LogP contribution in [0.25, 0.3) is 10.9 Å². The number of benzene rings is 1. The molecular formula is C23H29N5O. The fourth-order valence-corrected chi connectivity index (χ4v) is 5.12. The minimum atomic E-state index is 0.145. The minimum absolute atomic E-state index is 0.145. The number of likely N-dealkylation sites (tertiary alicyclic amines) is 1. The van der Waals surface area contributed by atoms with Crippen molar-refractivity contribution in [2.24, 2.45) is 0 Å². The molecule has 2 aliphatic rings. The molecule has 0 bridgehead atoms. The lowest BCUT2D eigenvalue weighted by molar-refractivity contribution is 0.225. The molecule has 1 aromatic carbocycles. The maximum absolute atomic E-state index is 13.5. The summed E-state index contributed by atoms with van der Waals surface area (Å²) in [6, 6.07) is 8.33. The van der Waals surface area contributed by atoms with Crippen LogP contribution in [0.1, 0.15) is 62.0 Å². The quantitative estimate of drug-likeness (QED) is 0.663. The summed E-state index contributed by atoms with van der Waals surface area (Å²) in [5, 5.41) is 5.18. The molecule has 152 valence electrons. The molecule has 0 radical (unpaired) electrons. The maximum atomic E-state index is 13.5. The summed E-state index contributed by atoms with van der Waals surface area (Å²) in [7, 11) is 0. The van der Waals surface area contributed by atoms with Crippen molar-refractivity contribution in [3.8, 4) is 0 Å². The third-order valence-electron chi connectivity index (χ3n) is 6.57. The van der Waals surface area contributed by atoms with Crippen LogP contribution in [0.5, 0.6) is 0 Å². The average Bonchev–Trinajstić information content (AvgIpc) is 3.48. The van der Waals surface area contributed by atoms with E-state index in [1.165, 1.54) is 18.4 Å². The van der Waals surface area contributed by atoms with E-state index in [0.717, 1.165) is 62.0 Å². The molecule has 2 fully saturated rings. The van der Waals surface area contributed by atoms with E-state index >= 15 is 0 Å². The molecule has 0 amide bonds. The van der Waals surface area contributed by atoms with Crippen LogP contribution in [0.3, 0.4) is 0 Å². The Bertz CT molecular complexity index is 1060. The van der Waals surface area contributed by atoms with Crippen molar-refractivity contribution in [1.82, 2.24) is 24.2 Å². The maximum Gasteiger partial charge on any atom is 0.261 e. The SMILES string of the molecule is Cc1cnn(CCN2CCCC2c2nc3ccccc3c(=O)n2C2CCCC2)c1. The Morgan fingerprint density at radius 2 is 1.90 bits per heavy atom. The first kappa shape index (κ1) is 18.6. The van der Waals surface area contributed by atoms with Crippen LogP contribution in [0.15, 0.2) is 41.5 Å². The summed E-state index contributed by atoms with van der Waals surface area (Å²) in [4.78, 5) is 21.0. The first-order chi connectivity index (χ1) is 14.2. The zero-order valence-corrected chi connectivity index (χ0v) is 17.1. The molecule has 5 rings (SSSR count). The number of nitrogens with zero attached hydrogens (tertiary/aromatic N) is 5. The number of hydrogen-bond acceptors (Lipinski definition) is 4. The monoisotopic (exact) mass is 391 g/mol.